The first-order valence-corrected chi connectivity index (χ1v) is 5.81. The standard InChI is InChI=1S/C15H15NO2/c1-11(17)12-7-9-14(10-8-12)16-15(18)13-5-3-2-4-6-13/h2-11,17H,1H3,(H,16,18)/t11-/m1/s1. The summed E-state index contributed by atoms with van der Waals surface area (Å²) in [4.78, 5) is 11.9. The molecule has 0 saturated heterocycles. The smallest absolute Gasteiger partial charge is 0.255 e. The zero-order chi connectivity index (χ0) is 13.0. The Bertz CT molecular complexity index is 518. The van der Waals surface area contributed by atoms with Crippen LogP contribution < -0.4 is 5.32 Å². The first-order valence-electron chi connectivity index (χ1n) is 5.81. The van der Waals surface area contributed by atoms with Gasteiger partial charge < -0.3 is 10.4 Å². The Balaban J connectivity index is 2.08. The molecule has 3 nitrogen and oxygen atoms in total. The Labute approximate surface area is 106 Å². The summed E-state index contributed by atoms with van der Waals surface area (Å²) in [6, 6.07) is 16.2. The molecule has 1 atom stereocenters. The molecule has 92 valence electrons. The van der Waals surface area contributed by atoms with E-state index in [1.807, 2.05) is 18.2 Å². The quantitative estimate of drug-likeness (QED) is 0.867. The Morgan fingerprint density at radius 3 is 2.22 bits per heavy atom. The van der Waals surface area contributed by atoms with Gasteiger partial charge in [-0.2, -0.15) is 0 Å². The van der Waals surface area contributed by atoms with Crippen molar-refractivity contribution in [3.8, 4) is 0 Å². The minimum Gasteiger partial charge on any atom is -0.389 e. The van der Waals surface area contributed by atoms with Crippen molar-refractivity contribution in [3.63, 3.8) is 0 Å². The highest BCUT2D eigenvalue weighted by atomic mass is 16.3. The fourth-order valence-electron chi connectivity index (χ4n) is 1.64. The molecule has 0 spiro atoms. The van der Waals surface area contributed by atoms with Crippen LogP contribution in [0, 0.1) is 0 Å². The highest BCUT2D eigenvalue weighted by molar-refractivity contribution is 6.04. The van der Waals surface area contributed by atoms with E-state index in [-0.39, 0.29) is 5.91 Å². The molecule has 0 fully saturated rings. The number of carbonyl (C=O) groups is 1. The van der Waals surface area contributed by atoms with Crippen molar-refractivity contribution in [1.82, 2.24) is 0 Å². The summed E-state index contributed by atoms with van der Waals surface area (Å²) in [5.41, 5.74) is 2.16. The zero-order valence-electron chi connectivity index (χ0n) is 10.1. The molecule has 0 bridgehead atoms. The highest BCUT2D eigenvalue weighted by Gasteiger charge is 2.05. The maximum absolute atomic E-state index is 11.9. The molecule has 2 aromatic rings. The molecule has 2 aromatic carbocycles. The van der Waals surface area contributed by atoms with Crippen molar-refractivity contribution in [3.05, 3.63) is 65.7 Å². The van der Waals surface area contributed by atoms with Crippen LogP contribution in [0.2, 0.25) is 0 Å². The summed E-state index contributed by atoms with van der Waals surface area (Å²) in [5, 5.41) is 12.2. The molecule has 3 heteroatoms. The third kappa shape index (κ3) is 2.96. The van der Waals surface area contributed by atoms with Gasteiger partial charge in [-0.1, -0.05) is 30.3 Å². The van der Waals surface area contributed by atoms with Crippen molar-refractivity contribution in [2.75, 3.05) is 5.32 Å². The van der Waals surface area contributed by atoms with Crippen LogP contribution in [0.1, 0.15) is 28.9 Å². The van der Waals surface area contributed by atoms with Gasteiger partial charge in [0.2, 0.25) is 0 Å². The van der Waals surface area contributed by atoms with Gasteiger partial charge in [-0.15, -0.1) is 0 Å². The SMILES string of the molecule is C[C@@H](O)c1ccc(NC(=O)c2ccccc2)cc1. The van der Waals surface area contributed by atoms with Crippen LogP contribution in [0.25, 0.3) is 0 Å². The maximum Gasteiger partial charge on any atom is 0.255 e. The van der Waals surface area contributed by atoms with Gasteiger partial charge in [0, 0.05) is 11.3 Å². The lowest BCUT2D eigenvalue weighted by Crippen LogP contribution is -2.11. The Morgan fingerprint density at radius 2 is 1.67 bits per heavy atom. The summed E-state index contributed by atoms with van der Waals surface area (Å²) < 4.78 is 0. The summed E-state index contributed by atoms with van der Waals surface area (Å²) in [6.07, 6.45) is -0.496. The Morgan fingerprint density at radius 1 is 1.06 bits per heavy atom. The maximum atomic E-state index is 11.9. The molecule has 1 amide bonds. The van der Waals surface area contributed by atoms with Crippen molar-refractivity contribution >= 4 is 11.6 Å². The second kappa shape index (κ2) is 5.47. The monoisotopic (exact) mass is 241 g/mol. The molecule has 2 rings (SSSR count). The van der Waals surface area contributed by atoms with Gasteiger partial charge in [-0.25, -0.2) is 0 Å². The largest absolute Gasteiger partial charge is 0.389 e. The van der Waals surface area contributed by atoms with E-state index >= 15 is 0 Å². The van der Waals surface area contributed by atoms with E-state index < -0.39 is 6.10 Å². The number of carbonyl (C=O) groups excluding carboxylic acids is 1. The molecule has 0 heterocycles. The first-order chi connectivity index (χ1) is 8.66. The number of anilines is 1. The summed E-state index contributed by atoms with van der Waals surface area (Å²) in [5.74, 6) is -0.139. The normalized spacial score (nSPS) is 11.9. The number of nitrogens with one attached hydrogen (secondary N) is 1. The van der Waals surface area contributed by atoms with Gasteiger partial charge in [-0.3, -0.25) is 4.79 Å². The number of hydrogen-bond acceptors (Lipinski definition) is 2. The van der Waals surface area contributed by atoms with Crippen LogP contribution >= 0.6 is 0 Å². The van der Waals surface area contributed by atoms with Crippen LogP contribution in [-0.4, -0.2) is 11.0 Å². The third-order valence-corrected chi connectivity index (χ3v) is 2.69. The molecule has 0 saturated carbocycles. The topological polar surface area (TPSA) is 49.3 Å². The minimum absolute atomic E-state index is 0.139. The summed E-state index contributed by atoms with van der Waals surface area (Å²) in [6.45, 7) is 1.71. The molecular weight excluding hydrogens is 226 g/mol. The Kier molecular flexibility index (Phi) is 3.75. The number of rotatable bonds is 3. The third-order valence-electron chi connectivity index (χ3n) is 2.69. The fraction of sp³-hybridized carbons (Fsp3) is 0.133. The van der Waals surface area contributed by atoms with Gasteiger partial charge in [0.15, 0.2) is 0 Å². The van der Waals surface area contributed by atoms with Gasteiger partial charge in [-0.05, 0) is 36.8 Å². The fourth-order valence-corrected chi connectivity index (χ4v) is 1.64. The minimum atomic E-state index is -0.496. The second-order valence-corrected chi connectivity index (χ2v) is 4.12. The van der Waals surface area contributed by atoms with E-state index in [1.54, 1.807) is 43.3 Å². The number of hydrogen-bond donors (Lipinski definition) is 2. The van der Waals surface area contributed by atoms with Gasteiger partial charge in [0.1, 0.15) is 0 Å². The lowest BCUT2D eigenvalue weighted by atomic mass is 10.1. The molecule has 0 unspecified atom stereocenters. The van der Waals surface area contributed by atoms with Gasteiger partial charge in [0.25, 0.3) is 5.91 Å². The molecule has 18 heavy (non-hydrogen) atoms. The van der Waals surface area contributed by atoms with E-state index in [0.29, 0.717) is 11.3 Å². The van der Waals surface area contributed by atoms with Gasteiger partial charge >= 0.3 is 0 Å². The Hall–Kier alpha value is -2.13. The molecular formula is C15H15NO2. The van der Waals surface area contributed by atoms with E-state index in [4.69, 9.17) is 0 Å². The van der Waals surface area contributed by atoms with Crippen LogP contribution in [0.3, 0.4) is 0 Å². The number of aliphatic hydroxyl groups excluding tert-OH is 1. The summed E-state index contributed by atoms with van der Waals surface area (Å²) in [7, 11) is 0. The molecule has 0 aliphatic carbocycles. The van der Waals surface area contributed by atoms with E-state index in [9.17, 15) is 9.90 Å². The van der Waals surface area contributed by atoms with Crippen molar-refractivity contribution < 1.29 is 9.90 Å². The molecule has 2 N–H and O–H groups in total. The predicted octanol–water partition coefficient (Wildman–Crippen LogP) is 2.99. The zero-order valence-corrected chi connectivity index (χ0v) is 10.1. The van der Waals surface area contributed by atoms with Gasteiger partial charge in [0.05, 0.1) is 6.10 Å². The molecule has 0 aromatic heterocycles. The molecule has 0 radical (unpaired) electrons. The molecule has 0 aliphatic rings. The molecule has 0 aliphatic heterocycles. The van der Waals surface area contributed by atoms with E-state index in [1.165, 1.54) is 0 Å². The van der Waals surface area contributed by atoms with Crippen LogP contribution in [0.4, 0.5) is 5.69 Å². The van der Waals surface area contributed by atoms with Crippen molar-refractivity contribution in [2.24, 2.45) is 0 Å². The number of benzene rings is 2. The average Bonchev–Trinajstić information content (AvgIpc) is 2.40. The van der Waals surface area contributed by atoms with Crippen LogP contribution in [0.15, 0.2) is 54.6 Å². The van der Waals surface area contributed by atoms with Crippen molar-refractivity contribution in [2.45, 2.75) is 13.0 Å². The lowest BCUT2D eigenvalue weighted by Gasteiger charge is -2.08. The second-order valence-electron chi connectivity index (χ2n) is 4.12. The first kappa shape index (κ1) is 12.3. The van der Waals surface area contributed by atoms with E-state index in [0.717, 1.165) is 5.56 Å². The number of aliphatic hydroxyl groups is 1. The highest BCUT2D eigenvalue weighted by Crippen LogP contribution is 2.16. The van der Waals surface area contributed by atoms with Crippen molar-refractivity contribution in [1.29, 1.82) is 0 Å². The lowest BCUT2D eigenvalue weighted by molar-refractivity contribution is 0.102. The van der Waals surface area contributed by atoms with Crippen LogP contribution in [-0.2, 0) is 0 Å². The predicted molar refractivity (Wildman–Crippen MR) is 71.5 cm³/mol. The van der Waals surface area contributed by atoms with Crippen LogP contribution in [0.5, 0.6) is 0 Å². The average molecular weight is 241 g/mol. The van der Waals surface area contributed by atoms with E-state index in [2.05, 4.69) is 5.32 Å². The summed E-state index contributed by atoms with van der Waals surface area (Å²) >= 11 is 0. The number of amides is 1.